The van der Waals surface area contributed by atoms with E-state index in [-0.39, 0.29) is 11.4 Å². The van der Waals surface area contributed by atoms with Crippen LogP contribution in [0.5, 0.6) is 5.75 Å². The highest BCUT2D eigenvalue weighted by Crippen LogP contribution is 2.71. The van der Waals surface area contributed by atoms with Crippen LogP contribution in [0.3, 0.4) is 0 Å². The Morgan fingerprint density at radius 1 is 1.39 bits per heavy atom. The number of benzene rings is 1. The van der Waals surface area contributed by atoms with Gasteiger partial charge < -0.3 is 4.74 Å². The summed E-state index contributed by atoms with van der Waals surface area (Å²) in [6.45, 7) is 0. The van der Waals surface area contributed by atoms with Gasteiger partial charge in [0.05, 0.1) is 6.07 Å². The van der Waals surface area contributed by atoms with Gasteiger partial charge in [-0.05, 0) is 31.2 Å². The average molecular weight is 239 g/mol. The van der Waals surface area contributed by atoms with Crippen LogP contribution >= 0.6 is 0 Å². The smallest absolute Gasteiger partial charge is 0.332 e. The predicted octanol–water partition coefficient (Wildman–Crippen LogP) is 2.56. The van der Waals surface area contributed by atoms with Crippen LogP contribution in [-0.2, 0) is 10.2 Å². The number of carbonyl (C=O) groups excluding carboxylic acids is 1. The molecule has 3 unspecified atom stereocenters. The van der Waals surface area contributed by atoms with Gasteiger partial charge in [0.15, 0.2) is 5.41 Å². The minimum Gasteiger partial charge on any atom is -0.425 e. The highest BCUT2D eigenvalue weighted by atomic mass is 16.5. The van der Waals surface area contributed by atoms with Gasteiger partial charge in [-0.2, -0.15) is 5.26 Å². The summed E-state index contributed by atoms with van der Waals surface area (Å²) in [7, 11) is 0. The van der Waals surface area contributed by atoms with Crippen molar-refractivity contribution in [3.63, 3.8) is 0 Å². The minimum absolute atomic E-state index is 0.256. The van der Waals surface area contributed by atoms with Crippen molar-refractivity contribution in [2.24, 2.45) is 11.3 Å². The Labute approximate surface area is 105 Å². The third kappa shape index (κ3) is 0.809. The molecule has 4 rings (SSSR count). The summed E-state index contributed by atoms with van der Waals surface area (Å²) in [6.07, 6.45) is 3.86. The first-order valence-corrected chi connectivity index (χ1v) is 6.48. The van der Waals surface area contributed by atoms with Crippen molar-refractivity contribution in [2.75, 3.05) is 0 Å². The molecule has 1 spiro atoms. The normalized spacial score (nSPS) is 39.7. The Balaban J connectivity index is 2.02. The van der Waals surface area contributed by atoms with E-state index in [1.165, 1.54) is 0 Å². The van der Waals surface area contributed by atoms with Crippen molar-refractivity contribution < 1.29 is 9.53 Å². The van der Waals surface area contributed by atoms with Gasteiger partial charge in [0.1, 0.15) is 5.75 Å². The van der Waals surface area contributed by atoms with Crippen LogP contribution in [0.4, 0.5) is 0 Å². The number of ether oxygens (including phenoxy) is 1. The van der Waals surface area contributed by atoms with Gasteiger partial charge in [0.2, 0.25) is 0 Å². The highest BCUT2D eigenvalue weighted by molar-refractivity contribution is 5.89. The number of hydrogen-bond donors (Lipinski definition) is 0. The Morgan fingerprint density at radius 2 is 2.22 bits per heavy atom. The van der Waals surface area contributed by atoms with E-state index in [4.69, 9.17) is 4.74 Å². The third-order valence-electron chi connectivity index (χ3n) is 5.24. The number of fused-ring (bicyclic) bond motifs is 1. The molecule has 1 heterocycles. The first-order valence-electron chi connectivity index (χ1n) is 6.48. The first-order chi connectivity index (χ1) is 8.74. The molecule has 0 bridgehead atoms. The lowest BCUT2D eigenvalue weighted by Gasteiger charge is -2.59. The van der Waals surface area contributed by atoms with Crippen molar-refractivity contribution in [1.29, 1.82) is 5.26 Å². The zero-order valence-corrected chi connectivity index (χ0v) is 9.98. The SMILES string of the molecule is N#CC12CC3CCCC31c1ccccc1OC2=O. The van der Waals surface area contributed by atoms with E-state index < -0.39 is 5.41 Å². The van der Waals surface area contributed by atoms with E-state index in [2.05, 4.69) is 6.07 Å². The Morgan fingerprint density at radius 3 is 3.00 bits per heavy atom. The number of hydrogen-bond acceptors (Lipinski definition) is 3. The minimum atomic E-state index is -0.914. The van der Waals surface area contributed by atoms with E-state index in [1.54, 1.807) is 0 Å². The zero-order chi connectivity index (χ0) is 12.4. The summed E-state index contributed by atoms with van der Waals surface area (Å²) < 4.78 is 5.40. The molecule has 0 radical (unpaired) electrons. The fourth-order valence-electron chi connectivity index (χ4n) is 4.49. The fraction of sp³-hybridized carbons (Fsp3) is 0.467. The van der Waals surface area contributed by atoms with Gasteiger partial charge >= 0.3 is 5.97 Å². The second-order valence-corrected chi connectivity index (χ2v) is 5.67. The Hall–Kier alpha value is -1.82. The highest BCUT2D eigenvalue weighted by Gasteiger charge is 2.74. The lowest BCUT2D eigenvalue weighted by molar-refractivity contribution is -0.163. The Bertz CT molecular complexity index is 603. The number of nitrogens with zero attached hydrogens (tertiary/aromatic N) is 1. The molecule has 1 aromatic rings. The summed E-state index contributed by atoms with van der Waals surface area (Å²) in [5, 5.41) is 9.56. The predicted molar refractivity (Wildman–Crippen MR) is 63.8 cm³/mol. The summed E-state index contributed by atoms with van der Waals surface area (Å²) in [4.78, 5) is 12.3. The van der Waals surface area contributed by atoms with Crippen molar-refractivity contribution in [3.8, 4) is 11.8 Å². The van der Waals surface area contributed by atoms with Crippen molar-refractivity contribution in [3.05, 3.63) is 29.8 Å². The van der Waals surface area contributed by atoms with Crippen LogP contribution in [0.15, 0.2) is 24.3 Å². The maximum atomic E-state index is 12.3. The average Bonchev–Trinajstić information content (AvgIpc) is 2.69. The number of esters is 1. The standard InChI is InChI=1S/C15H13NO2/c16-9-14-8-10-4-3-7-15(10,14)11-5-1-2-6-12(11)18-13(14)17/h1-2,5-6,10H,3-4,7-8H2. The molecule has 2 fully saturated rings. The van der Waals surface area contributed by atoms with Crippen LogP contribution in [-0.4, -0.2) is 5.97 Å². The van der Waals surface area contributed by atoms with Gasteiger partial charge in [-0.3, -0.25) is 0 Å². The quantitative estimate of drug-likeness (QED) is 0.516. The van der Waals surface area contributed by atoms with E-state index >= 15 is 0 Å². The molecule has 90 valence electrons. The second-order valence-electron chi connectivity index (χ2n) is 5.67. The molecule has 3 nitrogen and oxygen atoms in total. The molecule has 18 heavy (non-hydrogen) atoms. The van der Waals surface area contributed by atoms with Crippen LogP contribution in [0.1, 0.15) is 31.2 Å². The largest absolute Gasteiger partial charge is 0.425 e. The Kier molecular flexibility index (Phi) is 1.66. The van der Waals surface area contributed by atoms with E-state index in [1.807, 2.05) is 24.3 Å². The molecule has 0 aromatic heterocycles. The number of rotatable bonds is 0. The molecule has 0 N–H and O–H groups in total. The molecule has 2 aliphatic carbocycles. The molecular formula is C15H13NO2. The lowest BCUT2D eigenvalue weighted by Crippen LogP contribution is -2.65. The molecule has 0 amide bonds. The number of carbonyl (C=O) groups is 1. The van der Waals surface area contributed by atoms with Gasteiger partial charge in [-0.25, -0.2) is 4.79 Å². The monoisotopic (exact) mass is 239 g/mol. The number of para-hydroxylation sites is 1. The maximum Gasteiger partial charge on any atom is 0.332 e. The van der Waals surface area contributed by atoms with Crippen LogP contribution in [0.2, 0.25) is 0 Å². The van der Waals surface area contributed by atoms with Crippen molar-refractivity contribution >= 4 is 5.97 Å². The zero-order valence-electron chi connectivity index (χ0n) is 9.98. The third-order valence-corrected chi connectivity index (χ3v) is 5.24. The topological polar surface area (TPSA) is 50.1 Å². The molecule has 3 heteroatoms. The van der Waals surface area contributed by atoms with Crippen molar-refractivity contribution in [1.82, 2.24) is 0 Å². The van der Waals surface area contributed by atoms with E-state index in [9.17, 15) is 10.1 Å². The van der Waals surface area contributed by atoms with E-state index in [0.717, 1.165) is 24.8 Å². The number of nitriles is 1. The molecule has 1 aliphatic heterocycles. The summed E-state index contributed by atoms with van der Waals surface area (Å²) >= 11 is 0. The first kappa shape index (κ1) is 10.1. The van der Waals surface area contributed by atoms with Crippen LogP contribution in [0.25, 0.3) is 0 Å². The lowest BCUT2D eigenvalue weighted by atomic mass is 9.42. The second kappa shape index (κ2) is 2.95. The van der Waals surface area contributed by atoms with Crippen LogP contribution < -0.4 is 4.74 Å². The molecule has 1 aromatic carbocycles. The molecular weight excluding hydrogens is 226 g/mol. The maximum absolute atomic E-state index is 12.3. The van der Waals surface area contributed by atoms with Gasteiger partial charge in [-0.1, -0.05) is 24.6 Å². The van der Waals surface area contributed by atoms with Gasteiger partial charge in [0, 0.05) is 11.0 Å². The van der Waals surface area contributed by atoms with Gasteiger partial charge in [-0.15, -0.1) is 0 Å². The van der Waals surface area contributed by atoms with Crippen LogP contribution in [0, 0.1) is 22.7 Å². The van der Waals surface area contributed by atoms with Crippen molar-refractivity contribution in [2.45, 2.75) is 31.1 Å². The summed E-state index contributed by atoms with van der Waals surface area (Å²) in [5.41, 5.74) is -0.0872. The summed E-state index contributed by atoms with van der Waals surface area (Å²) in [5.74, 6) is 0.813. The molecule has 3 aliphatic rings. The molecule has 3 atom stereocenters. The molecule has 0 saturated heterocycles. The van der Waals surface area contributed by atoms with Gasteiger partial charge in [0.25, 0.3) is 0 Å². The fourth-order valence-corrected chi connectivity index (χ4v) is 4.49. The molecule has 2 saturated carbocycles. The summed E-state index contributed by atoms with van der Waals surface area (Å²) in [6, 6.07) is 10.0. The van der Waals surface area contributed by atoms with E-state index in [0.29, 0.717) is 18.1 Å².